The van der Waals surface area contributed by atoms with Gasteiger partial charge < -0.3 is 15.4 Å². The highest BCUT2D eigenvalue weighted by molar-refractivity contribution is 5.58. The second-order valence-electron chi connectivity index (χ2n) is 3.58. The number of hydrogen-bond acceptors (Lipinski definition) is 3. The first-order chi connectivity index (χ1) is 7.91. The second kappa shape index (κ2) is 5.27. The minimum Gasteiger partial charge on any atom is -0.495 e. The van der Waals surface area contributed by atoms with Crippen molar-refractivity contribution in [3.8, 4) is 5.75 Å². The van der Waals surface area contributed by atoms with Crippen LogP contribution in [-0.4, -0.2) is 32.9 Å². The number of nitrogens with two attached hydrogens (primary N) is 1. The Hall–Kier alpha value is -1.43. The van der Waals surface area contributed by atoms with Crippen LogP contribution in [0.15, 0.2) is 24.3 Å². The fourth-order valence-electron chi connectivity index (χ4n) is 1.60. The van der Waals surface area contributed by atoms with Crippen LogP contribution in [0, 0.1) is 0 Å². The number of nitrogens with zero attached hydrogens (tertiary/aromatic N) is 1. The van der Waals surface area contributed by atoms with Crippen molar-refractivity contribution in [2.75, 3.05) is 25.6 Å². The second-order valence-corrected chi connectivity index (χ2v) is 3.58. The minimum absolute atomic E-state index is 0.364. The molecule has 0 saturated heterocycles. The summed E-state index contributed by atoms with van der Waals surface area (Å²) in [6.07, 6.45) is -4.37. The van der Waals surface area contributed by atoms with Gasteiger partial charge in [-0.15, -0.1) is 0 Å². The van der Waals surface area contributed by atoms with E-state index in [9.17, 15) is 13.2 Å². The van der Waals surface area contributed by atoms with Crippen LogP contribution in [0.5, 0.6) is 5.75 Å². The lowest BCUT2D eigenvalue weighted by atomic mass is 10.2. The zero-order valence-corrected chi connectivity index (χ0v) is 9.66. The zero-order valence-electron chi connectivity index (χ0n) is 9.66. The Labute approximate surface area is 98.0 Å². The molecule has 1 aromatic rings. The number of hydrogen-bond donors (Lipinski definition) is 1. The molecular weight excluding hydrogens is 233 g/mol. The van der Waals surface area contributed by atoms with Gasteiger partial charge in [0.1, 0.15) is 11.8 Å². The number of alkyl halides is 3. The summed E-state index contributed by atoms with van der Waals surface area (Å²) in [5, 5.41) is 0. The number of benzene rings is 1. The van der Waals surface area contributed by atoms with E-state index in [1.54, 1.807) is 24.3 Å². The van der Waals surface area contributed by atoms with Gasteiger partial charge in [0.25, 0.3) is 0 Å². The Morgan fingerprint density at radius 1 is 1.35 bits per heavy atom. The SMILES string of the molecule is COc1ccccc1N(C)C(CN)C(F)(F)F. The maximum atomic E-state index is 12.7. The van der Waals surface area contributed by atoms with Crippen LogP contribution < -0.4 is 15.4 Å². The van der Waals surface area contributed by atoms with E-state index >= 15 is 0 Å². The average molecular weight is 248 g/mol. The summed E-state index contributed by atoms with van der Waals surface area (Å²) >= 11 is 0. The number of methoxy groups -OCH3 is 1. The molecule has 0 bridgehead atoms. The van der Waals surface area contributed by atoms with Crippen LogP contribution in [-0.2, 0) is 0 Å². The van der Waals surface area contributed by atoms with Gasteiger partial charge in [-0.2, -0.15) is 13.2 Å². The van der Waals surface area contributed by atoms with Crippen molar-refractivity contribution < 1.29 is 17.9 Å². The van der Waals surface area contributed by atoms with Crippen LogP contribution in [0.1, 0.15) is 0 Å². The smallest absolute Gasteiger partial charge is 0.409 e. The normalized spacial score (nSPS) is 13.3. The predicted molar refractivity (Wildman–Crippen MR) is 60.3 cm³/mol. The minimum atomic E-state index is -4.37. The molecule has 0 fully saturated rings. The Morgan fingerprint density at radius 2 is 1.94 bits per heavy atom. The molecule has 1 aromatic carbocycles. The molecule has 6 heteroatoms. The number of anilines is 1. The molecule has 0 saturated carbocycles. The van der Waals surface area contributed by atoms with Crippen LogP contribution in [0.25, 0.3) is 0 Å². The third-order valence-electron chi connectivity index (χ3n) is 2.53. The zero-order chi connectivity index (χ0) is 13.1. The van der Waals surface area contributed by atoms with E-state index in [0.29, 0.717) is 11.4 Å². The van der Waals surface area contributed by atoms with E-state index in [1.165, 1.54) is 14.2 Å². The van der Waals surface area contributed by atoms with E-state index in [2.05, 4.69) is 0 Å². The van der Waals surface area contributed by atoms with Crippen molar-refractivity contribution in [3.63, 3.8) is 0 Å². The van der Waals surface area contributed by atoms with Gasteiger partial charge in [-0.05, 0) is 12.1 Å². The molecule has 3 nitrogen and oxygen atoms in total. The van der Waals surface area contributed by atoms with Gasteiger partial charge in [-0.25, -0.2) is 0 Å². The Kier molecular flexibility index (Phi) is 4.22. The summed E-state index contributed by atoms with van der Waals surface area (Å²) in [7, 11) is 2.76. The Morgan fingerprint density at radius 3 is 2.41 bits per heavy atom. The maximum Gasteiger partial charge on any atom is 0.409 e. The van der Waals surface area contributed by atoms with Crippen molar-refractivity contribution in [1.29, 1.82) is 0 Å². The quantitative estimate of drug-likeness (QED) is 0.886. The van der Waals surface area contributed by atoms with Crippen molar-refractivity contribution in [2.24, 2.45) is 5.73 Å². The lowest BCUT2D eigenvalue weighted by molar-refractivity contribution is -0.145. The molecule has 0 amide bonds. The number of ether oxygens (including phenoxy) is 1. The van der Waals surface area contributed by atoms with E-state index in [1.807, 2.05) is 0 Å². The average Bonchev–Trinajstić information content (AvgIpc) is 2.27. The van der Waals surface area contributed by atoms with Gasteiger partial charge in [-0.1, -0.05) is 12.1 Å². The molecule has 0 aliphatic carbocycles. The molecule has 0 heterocycles. The fourth-order valence-corrected chi connectivity index (χ4v) is 1.60. The highest BCUT2D eigenvalue weighted by Crippen LogP contribution is 2.32. The van der Waals surface area contributed by atoms with Gasteiger partial charge in [0.2, 0.25) is 0 Å². The van der Waals surface area contributed by atoms with Crippen LogP contribution in [0.4, 0.5) is 18.9 Å². The largest absolute Gasteiger partial charge is 0.495 e. The summed E-state index contributed by atoms with van der Waals surface area (Å²) in [5.74, 6) is 0.387. The number of likely N-dealkylation sites (N-methyl/N-ethyl adjacent to an activating group) is 1. The van der Waals surface area contributed by atoms with Crippen LogP contribution in [0.3, 0.4) is 0 Å². The first-order valence-corrected chi connectivity index (χ1v) is 5.04. The third kappa shape index (κ3) is 3.03. The summed E-state index contributed by atoms with van der Waals surface area (Å²) in [4.78, 5) is 1.08. The highest BCUT2D eigenvalue weighted by Gasteiger charge is 2.42. The van der Waals surface area contributed by atoms with Crippen molar-refractivity contribution >= 4 is 5.69 Å². The predicted octanol–water partition coefficient (Wildman–Crippen LogP) is 2.02. The molecule has 1 rings (SSSR count). The molecule has 0 spiro atoms. The first-order valence-electron chi connectivity index (χ1n) is 5.04. The topological polar surface area (TPSA) is 38.5 Å². The molecule has 0 radical (unpaired) electrons. The summed E-state index contributed by atoms with van der Waals surface area (Å²) in [6.45, 7) is -0.502. The molecule has 17 heavy (non-hydrogen) atoms. The van der Waals surface area contributed by atoms with E-state index < -0.39 is 18.8 Å². The molecule has 2 N–H and O–H groups in total. The molecule has 0 aliphatic heterocycles. The van der Waals surface area contributed by atoms with Gasteiger partial charge in [0.05, 0.1) is 12.8 Å². The number of halogens is 3. The number of rotatable bonds is 4. The Balaban J connectivity index is 3.06. The van der Waals surface area contributed by atoms with Crippen molar-refractivity contribution in [2.45, 2.75) is 12.2 Å². The number of para-hydroxylation sites is 2. The first kappa shape index (κ1) is 13.6. The summed E-state index contributed by atoms with van der Waals surface area (Å²) < 4.78 is 43.2. The van der Waals surface area contributed by atoms with Crippen LogP contribution >= 0.6 is 0 Å². The fraction of sp³-hybridized carbons (Fsp3) is 0.455. The standard InChI is InChI=1S/C11H15F3N2O/c1-16(10(7-15)11(12,13)14)8-5-3-4-6-9(8)17-2/h3-6,10H,7,15H2,1-2H3. The maximum absolute atomic E-state index is 12.7. The van der Waals surface area contributed by atoms with Gasteiger partial charge >= 0.3 is 6.18 Å². The lowest BCUT2D eigenvalue weighted by Crippen LogP contribution is -2.48. The lowest BCUT2D eigenvalue weighted by Gasteiger charge is -2.31. The van der Waals surface area contributed by atoms with Crippen LogP contribution in [0.2, 0.25) is 0 Å². The summed E-state index contributed by atoms with van der Waals surface area (Å²) in [5.41, 5.74) is 5.55. The van der Waals surface area contributed by atoms with Gasteiger partial charge in [-0.3, -0.25) is 0 Å². The Bertz CT molecular complexity index is 368. The van der Waals surface area contributed by atoms with Crippen molar-refractivity contribution in [1.82, 2.24) is 0 Å². The third-order valence-corrected chi connectivity index (χ3v) is 2.53. The molecule has 96 valence electrons. The van der Waals surface area contributed by atoms with E-state index in [4.69, 9.17) is 10.5 Å². The van der Waals surface area contributed by atoms with Crippen molar-refractivity contribution in [3.05, 3.63) is 24.3 Å². The highest BCUT2D eigenvalue weighted by atomic mass is 19.4. The molecule has 1 atom stereocenters. The molecular formula is C11H15F3N2O. The molecule has 1 unspecified atom stereocenters. The molecule has 0 aromatic heterocycles. The van der Waals surface area contributed by atoms with Gasteiger partial charge in [0.15, 0.2) is 0 Å². The van der Waals surface area contributed by atoms with E-state index in [-0.39, 0.29) is 0 Å². The summed E-state index contributed by atoms with van der Waals surface area (Å²) in [6, 6.07) is 4.79. The monoisotopic (exact) mass is 248 g/mol. The van der Waals surface area contributed by atoms with Gasteiger partial charge in [0, 0.05) is 13.6 Å². The van der Waals surface area contributed by atoms with E-state index in [0.717, 1.165) is 4.90 Å². The molecule has 0 aliphatic rings.